The van der Waals surface area contributed by atoms with Crippen molar-refractivity contribution in [1.82, 2.24) is 4.31 Å². The van der Waals surface area contributed by atoms with Crippen molar-refractivity contribution in [2.24, 2.45) is 0 Å². The van der Waals surface area contributed by atoms with Crippen molar-refractivity contribution < 1.29 is 13.2 Å². The van der Waals surface area contributed by atoms with Gasteiger partial charge >= 0.3 is 0 Å². The van der Waals surface area contributed by atoms with Gasteiger partial charge in [0.15, 0.2) is 0 Å². The van der Waals surface area contributed by atoms with Gasteiger partial charge < -0.3 is 5.32 Å². The molecule has 29 heavy (non-hydrogen) atoms. The summed E-state index contributed by atoms with van der Waals surface area (Å²) in [4.78, 5) is 13.3. The van der Waals surface area contributed by atoms with Crippen LogP contribution in [0.2, 0.25) is 0 Å². The van der Waals surface area contributed by atoms with Gasteiger partial charge in [-0.3, -0.25) is 4.79 Å². The number of hydrogen-bond donors (Lipinski definition) is 1. The van der Waals surface area contributed by atoms with Crippen molar-refractivity contribution in [3.8, 4) is 0 Å². The molecule has 0 saturated carbocycles. The fourth-order valence-corrected chi connectivity index (χ4v) is 6.29. The van der Waals surface area contributed by atoms with E-state index in [1.165, 1.54) is 15.6 Å². The molecule has 2 heterocycles. The molecule has 0 fully saturated rings. The Kier molecular flexibility index (Phi) is 5.29. The number of rotatable bonds is 4. The van der Waals surface area contributed by atoms with E-state index < -0.39 is 16.1 Å². The van der Waals surface area contributed by atoms with E-state index in [2.05, 4.69) is 5.32 Å². The fraction of sp³-hybridized carbons (Fsp3) is 0.227. The molecular formula is C22H22N2O3S2. The third-order valence-electron chi connectivity index (χ3n) is 5.43. The second-order valence-electron chi connectivity index (χ2n) is 7.21. The Labute approximate surface area is 175 Å². The van der Waals surface area contributed by atoms with Crippen LogP contribution in [0.3, 0.4) is 0 Å². The summed E-state index contributed by atoms with van der Waals surface area (Å²) in [6, 6.07) is 15.9. The number of aryl methyl sites for hydroxylation is 1. The first-order chi connectivity index (χ1) is 13.9. The van der Waals surface area contributed by atoms with Gasteiger partial charge in [-0.2, -0.15) is 4.31 Å². The molecule has 1 unspecified atom stereocenters. The minimum Gasteiger partial charge on any atom is -0.324 e. The summed E-state index contributed by atoms with van der Waals surface area (Å²) in [6.45, 7) is 4.11. The highest BCUT2D eigenvalue weighted by Crippen LogP contribution is 2.31. The monoisotopic (exact) mass is 426 g/mol. The third-order valence-corrected chi connectivity index (χ3v) is 8.66. The van der Waals surface area contributed by atoms with Gasteiger partial charge in [0.2, 0.25) is 5.91 Å². The van der Waals surface area contributed by atoms with Gasteiger partial charge in [-0.15, -0.1) is 11.3 Å². The summed E-state index contributed by atoms with van der Waals surface area (Å²) < 4.78 is 28.2. The maximum Gasteiger partial charge on any atom is 0.253 e. The first kappa shape index (κ1) is 19.8. The molecule has 1 aliphatic heterocycles. The van der Waals surface area contributed by atoms with E-state index in [0.29, 0.717) is 12.1 Å². The first-order valence-electron chi connectivity index (χ1n) is 9.37. The van der Waals surface area contributed by atoms with Gasteiger partial charge in [-0.1, -0.05) is 42.5 Å². The van der Waals surface area contributed by atoms with Crippen molar-refractivity contribution in [2.45, 2.75) is 37.1 Å². The number of thiophene rings is 1. The van der Waals surface area contributed by atoms with Crippen LogP contribution in [0.25, 0.3) is 0 Å². The van der Waals surface area contributed by atoms with E-state index in [-0.39, 0.29) is 16.7 Å². The fourth-order valence-electron chi connectivity index (χ4n) is 3.60. The number of benzene rings is 2. The summed E-state index contributed by atoms with van der Waals surface area (Å²) in [7, 11) is -3.78. The number of nitrogens with one attached hydrogen (secondary N) is 1. The molecule has 1 aliphatic rings. The van der Waals surface area contributed by atoms with E-state index in [0.717, 1.165) is 22.3 Å². The second kappa shape index (κ2) is 7.74. The molecule has 0 spiro atoms. The van der Waals surface area contributed by atoms with Crippen LogP contribution >= 0.6 is 11.3 Å². The molecule has 4 rings (SSSR count). The number of hydrogen-bond acceptors (Lipinski definition) is 4. The lowest BCUT2D eigenvalue weighted by Gasteiger charge is -2.34. The first-order valence-corrected chi connectivity index (χ1v) is 11.7. The van der Waals surface area contributed by atoms with Gasteiger partial charge in [0.05, 0.1) is 0 Å². The average molecular weight is 427 g/mol. The summed E-state index contributed by atoms with van der Waals surface area (Å²) in [5, 5.41) is 4.69. The molecule has 0 aliphatic carbocycles. The molecule has 1 aromatic heterocycles. The number of amides is 1. The molecule has 3 aromatic rings. The van der Waals surface area contributed by atoms with Gasteiger partial charge in [0, 0.05) is 12.2 Å². The largest absolute Gasteiger partial charge is 0.324 e. The number of carbonyl (C=O) groups excluding carboxylic acids is 1. The summed E-state index contributed by atoms with van der Waals surface area (Å²) >= 11 is 1.17. The molecule has 0 saturated heterocycles. The normalized spacial score (nSPS) is 17.0. The van der Waals surface area contributed by atoms with E-state index in [4.69, 9.17) is 0 Å². The Balaban J connectivity index is 1.72. The maximum atomic E-state index is 13.3. The van der Waals surface area contributed by atoms with Crippen LogP contribution in [0, 0.1) is 13.8 Å². The third kappa shape index (κ3) is 3.73. The molecule has 5 nitrogen and oxygen atoms in total. The summed E-state index contributed by atoms with van der Waals surface area (Å²) in [5.74, 6) is -0.312. The Bertz CT molecular complexity index is 1150. The van der Waals surface area contributed by atoms with Crippen molar-refractivity contribution in [3.63, 3.8) is 0 Å². The second-order valence-corrected chi connectivity index (χ2v) is 10.3. The van der Waals surface area contributed by atoms with Gasteiger partial charge in [-0.25, -0.2) is 8.42 Å². The van der Waals surface area contributed by atoms with Crippen LogP contribution in [-0.2, 0) is 27.8 Å². The number of carbonyl (C=O) groups is 1. The molecule has 7 heteroatoms. The van der Waals surface area contributed by atoms with Crippen LogP contribution < -0.4 is 5.32 Å². The van der Waals surface area contributed by atoms with Gasteiger partial charge in [0.25, 0.3) is 10.0 Å². The minimum absolute atomic E-state index is 0.182. The molecule has 1 atom stereocenters. The SMILES string of the molecule is Cc1cccc(NC(=O)C2Cc3ccccc3CN2S(=O)(=O)c2cccs2)c1C. The topological polar surface area (TPSA) is 66.5 Å². The molecule has 1 N–H and O–H groups in total. The van der Waals surface area contributed by atoms with Crippen molar-refractivity contribution >= 4 is 33.0 Å². The predicted molar refractivity (Wildman–Crippen MR) is 116 cm³/mol. The minimum atomic E-state index is -3.78. The quantitative estimate of drug-likeness (QED) is 0.682. The standard InChI is InChI=1S/C22H22N2O3S2/c1-15-7-5-10-19(16(15)2)23-22(25)20-13-17-8-3-4-9-18(17)14-24(20)29(26,27)21-11-6-12-28-21/h3-12,20H,13-14H2,1-2H3,(H,23,25). The Hall–Kier alpha value is -2.48. The number of anilines is 1. The van der Waals surface area contributed by atoms with E-state index in [1.807, 2.05) is 56.3 Å². The van der Waals surface area contributed by atoms with Crippen molar-refractivity contribution in [3.05, 3.63) is 82.2 Å². The van der Waals surface area contributed by atoms with Crippen LogP contribution in [0.4, 0.5) is 5.69 Å². The van der Waals surface area contributed by atoms with Gasteiger partial charge in [-0.05, 0) is 60.0 Å². The molecule has 1 amide bonds. The maximum absolute atomic E-state index is 13.3. The average Bonchev–Trinajstić information content (AvgIpc) is 3.26. The van der Waals surface area contributed by atoms with Crippen LogP contribution in [0.1, 0.15) is 22.3 Å². The van der Waals surface area contributed by atoms with Crippen molar-refractivity contribution in [2.75, 3.05) is 5.32 Å². The van der Waals surface area contributed by atoms with E-state index in [1.54, 1.807) is 17.5 Å². The summed E-state index contributed by atoms with van der Waals surface area (Å²) in [6.07, 6.45) is 0.345. The molecular weight excluding hydrogens is 404 g/mol. The lowest BCUT2D eigenvalue weighted by atomic mass is 9.95. The van der Waals surface area contributed by atoms with E-state index in [9.17, 15) is 13.2 Å². The smallest absolute Gasteiger partial charge is 0.253 e. The zero-order valence-electron chi connectivity index (χ0n) is 16.3. The molecule has 2 aromatic carbocycles. The molecule has 0 radical (unpaired) electrons. The predicted octanol–water partition coefficient (Wildman–Crippen LogP) is 4.12. The lowest BCUT2D eigenvalue weighted by molar-refractivity contribution is -0.120. The van der Waals surface area contributed by atoms with Gasteiger partial charge in [0.1, 0.15) is 10.3 Å². The highest BCUT2D eigenvalue weighted by molar-refractivity contribution is 7.91. The van der Waals surface area contributed by atoms with E-state index >= 15 is 0 Å². The number of sulfonamides is 1. The number of fused-ring (bicyclic) bond motifs is 1. The highest BCUT2D eigenvalue weighted by Gasteiger charge is 2.40. The van der Waals surface area contributed by atoms with Crippen LogP contribution in [0.15, 0.2) is 64.2 Å². The molecule has 150 valence electrons. The van der Waals surface area contributed by atoms with Crippen molar-refractivity contribution in [1.29, 1.82) is 0 Å². The Morgan fingerprint density at radius 3 is 2.52 bits per heavy atom. The zero-order chi connectivity index (χ0) is 20.6. The van der Waals surface area contributed by atoms with Crippen LogP contribution in [0.5, 0.6) is 0 Å². The zero-order valence-corrected chi connectivity index (χ0v) is 17.9. The number of nitrogens with zero attached hydrogens (tertiary/aromatic N) is 1. The Morgan fingerprint density at radius 2 is 1.79 bits per heavy atom. The lowest BCUT2D eigenvalue weighted by Crippen LogP contribution is -2.50. The molecule has 0 bridgehead atoms. The van der Waals surface area contributed by atoms with Crippen LogP contribution in [-0.4, -0.2) is 24.7 Å². The highest BCUT2D eigenvalue weighted by atomic mass is 32.2. The Morgan fingerprint density at radius 1 is 1.03 bits per heavy atom. The summed E-state index contributed by atoms with van der Waals surface area (Å²) in [5.41, 5.74) is 4.70.